The number of urea groups is 1. The van der Waals surface area contributed by atoms with E-state index in [0.29, 0.717) is 6.54 Å². The lowest BCUT2D eigenvalue weighted by molar-refractivity contribution is 0.190. The number of amides is 2. The average molecular weight is 202 g/mol. The standard InChI is InChI=1S/C12H14N2O/c1-10-7-8-14(12(15)13-10)9-11-5-3-2-4-6-11/h2-6H,1,7-9H2,(H,13,15). The van der Waals surface area contributed by atoms with Gasteiger partial charge in [-0.05, 0) is 5.56 Å². The molecule has 1 heterocycles. The zero-order valence-electron chi connectivity index (χ0n) is 8.57. The van der Waals surface area contributed by atoms with Crippen LogP contribution in [-0.4, -0.2) is 17.5 Å². The van der Waals surface area contributed by atoms with E-state index in [4.69, 9.17) is 0 Å². The molecule has 0 aliphatic carbocycles. The van der Waals surface area contributed by atoms with Gasteiger partial charge in [-0.15, -0.1) is 0 Å². The Labute approximate surface area is 89.4 Å². The third-order valence-electron chi connectivity index (χ3n) is 2.47. The van der Waals surface area contributed by atoms with Crippen LogP contribution in [0.5, 0.6) is 0 Å². The van der Waals surface area contributed by atoms with Crippen molar-refractivity contribution >= 4 is 6.03 Å². The molecule has 1 aliphatic heterocycles. The summed E-state index contributed by atoms with van der Waals surface area (Å²) >= 11 is 0. The number of carbonyl (C=O) groups excluding carboxylic acids is 1. The molecular formula is C12H14N2O. The number of rotatable bonds is 2. The third kappa shape index (κ3) is 2.37. The molecule has 0 unspecified atom stereocenters. The minimum absolute atomic E-state index is 0.0462. The van der Waals surface area contributed by atoms with Crippen molar-refractivity contribution in [2.45, 2.75) is 13.0 Å². The lowest BCUT2D eigenvalue weighted by atomic mass is 10.2. The van der Waals surface area contributed by atoms with E-state index >= 15 is 0 Å². The summed E-state index contributed by atoms with van der Waals surface area (Å²) in [6, 6.07) is 9.94. The van der Waals surface area contributed by atoms with Crippen LogP contribution in [0.15, 0.2) is 42.6 Å². The Morgan fingerprint density at radius 2 is 2.07 bits per heavy atom. The Balaban J connectivity index is 2.01. The molecule has 2 rings (SSSR count). The zero-order chi connectivity index (χ0) is 10.7. The SMILES string of the molecule is C=C1CCN(Cc2ccccc2)C(=O)N1. The largest absolute Gasteiger partial charge is 0.321 e. The van der Waals surface area contributed by atoms with E-state index in [1.165, 1.54) is 0 Å². The fourth-order valence-electron chi connectivity index (χ4n) is 1.62. The molecule has 78 valence electrons. The van der Waals surface area contributed by atoms with Gasteiger partial charge in [-0.1, -0.05) is 36.9 Å². The molecule has 0 bridgehead atoms. The highest BCUT2D eigenvalue weighted by molar-refractivity contribution is 5.77. The molecule has 15 heavy (non-hydrogen) atoms. The average Bonchev–Trinajstić information content (AvgIpc) is 2.24. The van der Waals surface area contributed by atoms with Crippen LogP contribution < -0.4 is 5.32 Å². The Kier molecular flexibility index (Phi) is 2.72. The van der Waals surface area contributed by atoms with E-state index in [2.05, 4.69) is 11.9 Å². The minimum Gasteiger partial charge on any atom is -0.320 e. The summed E-state index contributed by atoms with van der Waals surface area (Å²) in [5.41, 5.74) is 1.96. The van der Waals surface area contributed by atoms with Crippen LogP contribution in [0.2, 0.25) is 0 Å². The highest BCUT2D eigenvalue weighted by Gasteiger charge is 2.19. The number of carbonyl (C=O) groups is 1. The highest BCUT2D eigenvalue weighted by atomic mass is 16.2. The van der Waals surface area contributed by atoms with Gasteiger partial charge >= 0.3 is 6.03 Å². The van der Waals surface area contributed by atoms with Crippen LogP contribution in [0, 0.1) is 0 Å². The number of hydrogen-bond acceptors (Lipinski definition) is 1. The number of hydrogen-bond donors (Lipinski definition) is 1. The maximum atomic E-state index is 11.6. The second kappa shape index (κ2) is 4.17. The van der Waals surface area contributed by atoms with E-state index in [0.717, 1.165) is 24.2 Å². The first-order valence-electron chi connectivity index (χ1n) is 5.03. The Hall–Kier alpha value is -1.77. The van der Waals surface area contributed by atoms with Crippen molar-refractivity contribution in [3.63, 3.8) is 0 Å². The first kappa shape index (κ1) is 9.77. The molecule has 0 saturated carbocycles. The first-order valence-corrected chi connectivity index (χ1v) is 5.03. The Bertz CT molecular complexity index is 372. The van der Waals surface area contributed by atoms with Gasteiger partial charge in [0, 0.05) is 25.2 Å². The zero-order valence-corrected chi connectivity index (χ0v) is 8.57. The number of nitrogens with one attached hydrogen (secondary N) is 1. The fraction of sp³-hybridized carbons (Fsp3) is 0.250. The van der Waals surface area contributed by atoms with Crippen molar-refractivity contribution in [1.29, 1.82) is 0 Å². The maximum absolute atomic E-state index is 11.6. The van der Waals surface area contributed by atoms with Crippen LogP contribution in [0.25, 0.3) is 0 Å². The Morgan fingerprint density at radius 3 is 2.73 bits per heavy atom. The van der Waals surface area contributed by atoms with Gasteiger partial charge in [-0.25, -0.2) is 4.79 Å². The molecule has 2 amide bonds. The van der Waals surface area contributed by atoms with Gasteiger partial charge in [0.2, 0.25) is 0 Å². The third-order valence-corrected chi connectivity index (χ3v) is 2.47. The van der Waals surface area contributed by atoms with Crippen LogP contribution in [0.3, 0.4) is 0 Å². The van der Waals surface area contributed by atoms with Gasteiger partial charge in [0.05, 0.1) is 0 Å². The molecular weight excluding hydrogens is 188 g/mol. The van der Waals surface area contributed by atoms with E-state index in [-0.39, 0.29) is 6.03 Å². The lowest BCUT2D eigenvalue weighted by Crippen LogP contribution is -2.44. The monoisotopic (exact) mass is 202 g/mol. The molecule has 0 radical (unpaired) electrons. The molecule has 1 saturated heterocycles. The smallest absolute Gasteiger partial charge is 0.320 e. The van der Waals surface area contributed by atoms with Gasteiger partial charge in [0.25, 0.3) is 0 Å². The van der Waals surface area contributed by atoms with Crippen molar-refractivity contribution in [2.24, 2.45) is 0 Å². The van der Waals surface area contributed by atoms with E-state index in [1.807, 2.05) is 30.3 Å². The van der Waals surface area contributed by atoms with E-state index in [1.54, 1.807) is 4.90 Å². The summed E-state index contributed by atoms with van der Waals surface area (Å²) in [5, 5.41) is 2.74. The van der Waals surface area contributed by atoms with Crippen LogP contribution in [0.4, 0.5) is 4.79 Å². The van der Waals surface area contributed by atoms with Crippen molar-refractivity contribution in [2.75, 3.05) is 6.54 Å². The summed E-state index contributed by atoms with van der Waals surface area (Å²) in [7, 11) is 0. The van der Waals surface area contributed by atoms with Crippen molar-refractivity contribution in [1.82, 2.24) is 10.2 Å². The molecule has 0 spiro atoms. The summed E-state index contributed by atoms with van der Waals surface area (Å²) in [5.74, 6) is 0. The van der Waals surface area contributed by atoms with Gasteiger partial charge < -0.3 is 10.2 Å². The van der Waals surface area contributed by atoms with Crippen molar-refractivity contribution < 1.29 is 4.79 Å². The molecule has 0 atom stereocenters. The second-order valence-corrected chi connectivity index (χ2v) is 3.69. The predicted molar refractivity (Wildman–Crippen MR) is 59.1 cm³/mol. The normalized spacial score (nSPS) is 16.4. The van der Waals surface area contributed by atoms with E-state index in [9.17, 15) is 4.79 Å². The molecule has 1 N–H and O–H groups in total. The van der Waals surface area contributed by atoms with Gasteiger partial charge in [0.1, 0.15) is 0 Å². The van der Waals surface area contributed by atoms with Gasteiger partial charge in [0.15, 0.2) is 0 Å². The van der Waals surface area contributed by atoms with Crippen LogP contribution in [0.1, 0.15) is 12.0 Å². The molecule has 1 aromatic rings. The van der Waals surface area contributed by atoms with Crippen LogP contribution >= 0.6 is 0 Å². The topological polar surface area (TPSA) is 32.3 Å². The molecule has 0 aromatic heterocycles. The quantitative estimate of drug-likeness (QED) is 0.782. The summed E-state index contributed by atoms with van der Waals surface area (Å²) in [6.07, 6.45) is 0.832. The number of benzene rings is 1. The summed E-state index contributed by atoms with van der Waals surface area (Å²) < 4.78 is 0. The maximum Gasteiger partial charge on any atom is 0.321 e. The van der Waals surface area contributed by atoms with E-state index < -0.39 is 0 Å². The molecule has 3 nitrogen and oxygen atoms in total. The lowest BCUT2D eigenvalue weighted by Gasteiger charge is -2.28. The minimum atomic E-state index is -0.0462. The summed E-state index contributed by atoms with van der Waals surface area (Å²) in [6.45, 7) is 5.16. The highest BCUT2D eigenvalue weighted by Crippen LogP contribution is 2.11. The molecule has 3 heteroatoms. The van der Waals surface area contributed by atoms with Crippen molar-refractivity contribution in [3.8, 4) is 0 Å². The van der Waals surface area contributed by atoms with Crippen LogP contribution in [-0.2, 0) is 6.54 Å². The fourth-order valence-corrected chi connectivity index (χ4v) is 1.62. The number of nitrogens with zero attached hydrogens (tertiary/aromatic N) is 1. The molecule has 1 aliphatic rings. The summed E-state index contributed by atoms with van der Waals surface area (Å²) in [4.78, 5) is 13.4. The second-order valence-electron chi connectivity index (χ2n) is 3.69. The first-order chi connectivity index (χ1) is 7.25. The van der Waals surface area contributed by atoms with Crippen molar-refractivity contribution in [3.05, 3.63) is 48.2 Å². The predicted octanol–water partition coefficient (Wildman–Crippen LogP) is 2.12. The molecule has 1 fully saturated rings. The molecule has 1 aromatic carbocycles. The Morgan fingerprint density at radius 1 is 1.33 bits per heavy atom. The van der Waals surface area contributed by atoms with Gasteiger partial charge in [-0.3, -0.25) is 0 Å². The van der Waals surface area contributed by atoms with Gasteiger partial charge in [-0.2, -0.15) is 0 Å².